The van der Waals surface area contributed by atoms with Crippen LogP contribution in [0.4, 0.5) is 0 Å². The molecule has 1 aromatic rings. The Morgan fingerprint density at radius 1 is 1.44 bits per heavy atom. The van der Waals surface area contributed by atoms with E-state index in [0.717, 1.165) is 24.0 Å². The Balaban J connectivity index is 0.00000162. The number of hydrogen-bond donors (Lipinski definition) is 3. The standard InChI is InChI=1S/C13H17NO3.Li.H/c1-8(13(16)17)14-11-7-6-9-4-2-3-5-10(9)12(11)15;;/h2-5,8,11-12,14-15H,6-7H2,1H3,(H,16,17);;. The summed E-state index contributed by atoms with van der Waals surface area (Å²) in [5, 5.41) is 22.0. The molecule has 18 heavy (non-hydrogen) atoms. The fourth-order valence-corrected chi connectivity index (χ4v) is 2.30. The topological polar surface area (TPSA) is 69.6 Å². The number of hydrogen-bond acceptors (Lipinski definition) is 3. The summed E-state index contributed by atoms with van der Waals surface area (Å²) < 4.78 is 0. The van der Waals surface area contributed by atoms with E-state index in [1.165, 1.54) is 0 Å². The molecule has 0 radical (unpaired) electrons. The first kappa shape index (κ1) is 15.3. The average Bonchev–Trinajstić information content (AvgIpc) is 2.33. The van der Waals surface area contributed by atoms with Gasteiger partial charge >= 0.3 is 24.8 Å². The maximum atomic E-state index is 10.8. The zero-order valence-electron chi connectivity index (χ0n) is 9.76. The quantitative estimate of drug-likeness (QED) is 0.674. The Hall–Kier alpha value is -0.793. The number of carbonyl (C=O) groups is 1. The van der Waals surface area contributed by atoms with Crippen LogP contribution < -0.4 is 5.32 Å². The number of carboxylic acids is 1. The van der Waals surface area contributed by atoms with Crippen molar-refractivity contribution in [2.24, 2.45) is 0 Å². The van der Waals surface area contributed by atoms with E-state index >= 15 is 0 Å². The van der Waals surface area contributed by atoms with Gasteiger partial charge in [0.1, 0.15) is 6.04 Å². The molecule has 1 aliphatic carbocycles. The van der Waals surface area contributed by atoms with Crippen LogP contribution in [0.1, 0.15) is 30.6 Å². The Morgan fingerprint density at radius 3 is 2.78 bits per heavy atom. The summed E-state index contributed by atoms with van der Waals surface area (Å²) in [7, 11) is 0. The molecule has 0 fully saturated rings. The molecule has 5 heteroatoms. The van der Waals surface area contributed by atoms with Crippen molar-refractivity contribution in [2.45, 2.75) is 38.0 Å². The van der Waals surface area contributed by atoms with Gasteiger partial charge in [-0.05, 0) is 30.9 Å². The first-order valence-corrected chi connectivity index (χ1v) is 5.84. The second-order valence-electron chi connectivity index (χ2n) is 4.52. The van der Waals surface area contributed by atoms with Crippen LogP contribution in [0.3, 0.4) is 0 Å². The number of aryl methyl sites for hydroxylation is 1. The number of carboxylic acid groups (broad SMARTS) is 1. The van der Waals surface area contributed by atoms with Crippen LogP contribution in [-0.2, 0) is 11.2 Å². The normalized spacial score (nSPS) is 23.7. The van der Waals surface area contributed by atoms with Crippen molar-refractivity contribution in [1.29, 1.82) is 0 Å². The van der Waals surface area contributed by atoms with Crippen LogP contribution >= 0.6 is 0 Å². The molecular weight excluding hydrogens is 225 g/mol. The molecule has 0 saturated carbocycles. The Labute approximate surface area is 119 Å². The number of rotatable bonds is 3. The summed E-state index contributed by atoms with van der Waals surface area (Å²) in [5.41, 5.74) is 2.06. The third-order valence-corrected chi connectivity index (χ3v) is 3.31. The molecule has 0 aromatic heterocycles. The van der Waals surface area contributed by atoms with Gasteiger partial charge in [0, 0.05) is 6.04 Å². The molecule has 0 saturated heterocycles. The van der Waals surface area contributed by atoms with Crippen molar-refractivity contribution in [2.75, 3.05) is 0 Å². The van der Waals surface area contributed by atoms with Gasteiger partial charge in [-0.25, -0.2) is 0 Å². The van der Waals surface area contributed by atoms with E-state index in [2.05, 4.69) is 5.32 Å². The van der Waals surface area contributed by atoms with Crippen molar-refractivity contribution in [3.8, 4) is 0 Å². The van der Waals surface area contributed by atoms with Crippen molar-refractivity contribution >= 4 is 24.8 Å². The summed E-state index contributed by atoms with van der Waals surface area (Å²) >= 11 is 0. The molecule has 0 amide bonds. The molecule has 0 aliphatic heterocycles. The molecule has 4 nitrogen and oxygen atoms in total. The molecule has 3 N–H and O–H groups in total. The average molecular weight is 243 g/mol. The molecule has 3 atom stereocenters. The van der Waals surface area contributed by atoms with Crippen molar-refractivity contribution in [3.63, 3.8) is 0 Å². The van der Waals surface area contributed by atoms with Gasteiger partial charge in [-0.2, -0.15) is 0 Å². The Bertz CT molecular complexity index is 424. The van der Waals surface area contributed by atoms with Crippen LogP contribution in [0.2, 0.25) is 0 Å². The summed E-state index contributed by atoms with van der Waals surface area (Å²) in [6.45, 7) is 1.59. The minimum atomic E-state index is -0.893. The summed E-state index contributed by atoms with van der Waals surface area (Å²) in [4.78, 5) is 10.8. The first-order valence-electron chi connectivity index (χ1n) is 5.84. The van der Waals surface area contributed by atoms with Crippen LogP contribution in [0.5, 0.6) is 0 Å². The van der Waals surface area contributed by atoms with Gasteiger partial charge in [0.15, 0.2) is 0 Å². The van der Waals surface area contributed by atoms with Gasteiger partial charge in [-0.1, -0.05) is 24.3 Å². The van der Waals surface area contributed by atoms with E-state index in [1.54, 1.807) is 6.92 Å². The number of benzene rings is 1. The van der Waals surface area contributed by atoms with E-state index in [4.69, 9.17) is 5.11 Å². The molecule has 94 valence electrons. The number of fused-ring (bicyclic) bond motifs is 1. The second kappa shape index (κ2) is 6.40. The Kier molecular flexibility index (Phi) is 5.42. The molecular formula is C13H18LiNO3. The summed E-state index contributed by atoms with van der Waals surface area (Å²) in [6.07, 6.45) is 1.01. The minimum absolute atomic E-state index is 0. The van der Waals surface area contributed by atoms with Gasteiger partial charge < -0.3 is 10.2 Å². The number of aliphatic carboxylic acids is 1. The number of aliphatic hydroxyl groups excluding tert-OH is 1. The third-order valence-electron chi connectivity index (χ3n) is 3.31. The van der Waals surface area contributed by atoms with Gasteiger partial charge in [0.05, 0.1) is 6.10 Å². The van der Waals surface area contributed by atoms with Gasteiger partial charge in [-0.3, -0.25) is 10.1 Å². The molecule has 0 bridgehead atoms. The molecule has 3 unspecified atom stereocenters. The van der Waals surface area contributed by atoms with Gasteiger partial charge in [0.2, 0.25) is 0 Å². The van der Waals surface area contributed by atoms with E-state index < -0.39 is 18.1 Å². The van der Waals surface area contributed by atoms with Crippen molar-refractivity contribution < 1.29 is 15.0 Å². The van der Waals surface area contributed by atoms with Crippen LogP contribution in [0.15, 0.2) is 24.3 Å². The van der Waals surface area contributed by atoms with Gasteiger partial charge in [-0.15, -0.1) is 0 Å². The predicted molar refractivity (Wildman–Crippen MR) is 70.9 cm³/mol. The molecule has 0 heterocycles. The summed E-state index contributed by atoms with van der Waals surface area (Å²) in [6, 6.07) is 6.94. The van der Waals surface area contributed by atoms with Crippen molar-refractivity contribution in [3.05, 3.63) is 35.4 Å². The first-order chi connectivity index (χ1) is 8.09. The van der Waals surface area contributed by atoms with Crippen LogP contribution in [0, 0.1) is 0 Å². The predicted octanol–water partition coefficient (Wildman–Crippen LogP) is 0.449. The van der Waals surface area contributed by atoms with E-state index in [1.807, 2.05) is 24.3 Å². The van der Waals surface area contributed by atoms with Gasteiger partial charge in [0.25, 0.3) is 0 Å². The summed E-state index contributed by atoms with van der Waals surface area (Å²) in [5.74, 6) is -0.893. The molecule has 2 rings (SSSR count). The third kappa shape index (κ3) is 3.15. The SMILES string of the molecule is CC(NC1CCc2ccccc2C1O)C(=O)O.[LiH]. The maximum absolute atomic E-state index is 10.8. The van der Waals surface area contributed by atoms with Crippen LogP contribution in [0.25, 0.3) is 0 Å². The Morgan fingerprint density at radius 2 is 2.11 bits per heavy atom. The number of aliphatic hydroxyl groups is 1. The van der Waals surface area contributed by atoms with E-state index in [9.17, 15) is 9.90 Å². The zero-order valence-corrected chi connectivity index (χ0v) is 9.76. The van der Waals surface area contributed by atoms with Crippen LogP contribution in [-0.4, -0.2) is 47.1 Å². The second-order valence-corrected chi connectivity index (χ2v) is 4.52. The molecule has 1 aliphatic rings. The zero-order chi connectivity index (χ0) is 12.4. The van der Waals surface area contributed by atoms with E-state index in [-0.39, 0.29) is 24.9 Å². The molecule has 0 spiro atoms. The monoisotopic (exact) mass is 243 g/mol. The fraction of sp³-hybridized carbons (Fsp3) is 0.462. The van der Waals surface area contributed by atoms with E-state index in [0.29, 0.717) is 0 Å². The fourth-order valence-electron chi connectivity index (χ4n) is 2.30. The van der Waals surface area contributed by atoms with Crippen molar-refractivity contribution in [1.82, 2.24) is 5.32 Å². The molecule has 1 aromatic carbocycles. The number of nitrogens with one attached hydrogen (secondary N) is 1.